The summed E-state index contributed by atoms with van der Waals surface area (Å²) in [7, 11) is 1.69. The first-order valence-electron chi connectivity index (χ1n) is 5.36. The van der Waals surface area contributed by atoms with E-state index in [1.165, 1.54) is 0 Å². The third-order valence-corrected chi connectivity index (χ3v) is 2.73. The number of ether oxygens (including phenoxy) is 1. The van der Waals surface area contributed by atoms with E-state index in [4.69, 9.17) is 16.3 Å². The van der Waals surface area contributed by atoms with Gasteiger partial charge in [0.15, 0.2) is 0 Å². The molecule has 0 aliphatic carbocycles. The van der Waals surface area contributed by atoms with Crippen LogP contribution in [0.1, 0.15) is 12.5 Å². The summed E-state index contributed by atoms with van der Waals surface area (Å²) >= 11 is 5.89. The normalized spacial score (nSPS) is 11.0. The fourth-order valence-corrected chi connectivity index (χ4v) is 1.69. The molecule has 3 nitrogen and oxygen atoms in total. The lowest BCUT2D eigenvalue weighted by Gasteiger charge is -2.20. The Morgan fingerprint density at radius 1 is 1.44 bits per heavy atom. The van der Waals surface area contributed by atoms with Gasteiger partial charge < -0.3 is 9.84 Å². The van der Waals surface area contributed by atoms with Crippen LogP contribution in [-0.4, -0.2) is 36.8 Å². The zero-order valence-corrected chi connectivity index (χ0v) is 10.5. The molecule has 4 heteroatoms. The predicted octanol–water partition coefficient (Wildman–Crippen LogP) is 2.51. The van der Waals surface area contributed by atoms with E-state index in [1.54, 1.807) is 25.3 Å². The number of phenols is 1. The van der Waals surface area contributed by atoms with Crippen molar-refractivity contribution in [3.8, 4) is 5.75 Å². The molecule has 1 N–H and O–H groups in total. The summed E-state index contributed by atoms with van der Waals surface area (Å²) in [5.74, 6) is 0.292. The number of hydrogen-bond acceptors (Lipinski definition) is 3. The molecule has 16 heavy (non-hydrogen) atoms. The molecule has 90 valence electrons. The molecule has 0 atom stereocenters. The Morgan fingerprint density at radius 2 is 2.19 bits per heavy atom. The van der Waals surface area contributed by atoms with Gasteiger partial charge in [0.05, 0.1) is 6.61 Å². The molecule has 0 spiro atoms. The smallest absolute Gasteiger partial charge is 0.120 e. The highest BCUT2D eigenvalue weighted by Gasteiger charge is 2.07. The first kappa shape index (κ1) is 13.3. The van der Waals surface area contributed by atoms with E-state index >= 15 is 0 Å². The molecular formula is C12H18ClNO2. The van der Waals surface area contributed by atoms with Crippen LogP contribution in [0, 0.1) is 0 Å². The minimum absolute atomic E-state index is 0.292. The molecule has 0 aliphatic heterocycles. The standard InChI is InChI=1S/C12H18ClNO2/c1-3-14(6-7-16-2)9-10-8-11(13)4-5-12(10)15/h4-5,8,15H,3,6-7,9H2,1-2H3. The largest absolute Gasteiger partial charge is 0.508 e. The maximum absolute atomic E-state index is 9.69. The van der Waals surface area contributed by atoms with Crippen LogP contribution in [0.2, 0.25) is 5.02 Å². The van der Waals surface area contributed by atoms with E-state index in [9.17, 15) is 5.11 Å². The number of methoxy groups -OCH3 is 1. The third-order valence-electron chi connectivity index (χ3n) is 2.49. The Morgan fingerprint density at radius 3 is 2.81 bits per heavy atom. The average molecular weight is 244 g/mol. The lowest BCUT2D eigenvalue weighted by Crippen LogP contribution is -2.26. The van der Waals surface area contributed by atoms with E-state index in [1.807, 2.05) is 0 Å². The average Bonchev–Trinajstić information content (AvgIpc) is 2.28. The second-order valence-electron chi connectivity index (χ2n) is 3.63. The quantitative estimate of drug-likeness (QED) is 0.834. The molecule has 0 unspecified atom stereocenters. The van der Waals surface area contributed by atoms with Crippen LogP contribution in [0.3, 0.4) is 0 Å². The van der Waals surface area contributed by atoms with Crippen LogP contribution in [0.4, 0.5) is 0 Å². The fraction of sp³-hybridized carbons (Fsp3) is 0.500. The van der Waals surface area contributed by atoms with E-state index in [-0.39, 0.29) is 0 Å². The Hall–Kier alpha value is -0.770. The van der Waals surface area contributed by atoms with Crippen molar-refractivity contribution >= 4 is 11.6 Å². The maximum atomic E-state index is 9.69. The topological polar surface area (TPSA) is 32.7 Å². The lowest BCUT2D eigenvalue weighted by molar-refractivity contribution is 0.147. The van der Waals surface area contributed by atoms with Crippen LogP contribution >= 0.6 is 11.6 Å². The maximum Gasteiger partial charge on any atom is 0.120 e. The van der Waals surface area contributed by atoms with Crippen molar-refractivity contribution in [2.24, 2.45) is 0 Å². The minimum Gasteiger partial charge on any atom is -0.508 e. The van der Waals surface area contributed by atoms with E-state index in [2.05, 4.69) is 11.8 Å². The second kappa shape index (κ2) is 6.74. The second-order valence-corrected chi connectivity index (χ2v) is 4.07. The molecule has 0 saturated heterocycles. The van der Waals surface area contributed by atoms with Crippen molar-refractivity contribution in [1.29, 1.82) is 0 Å². The summed E-state index contributed by atoms with van der Waals surface area (Å²) in [5.41, 5.74) is 0.852. The van der Waals surface area contributed by atoms with Gasteiger partial charge in [-0.2, -0.15) is 0 Å². The summed E-state index contributed by atoms with van der Waals surface area (Å²) in [6.07, 6.45) is 0. The first-order valence-corrected chi connectivity index (χ1v) is 5.73. The predicted molar refractivity (Wildman–Crippen MR) is 65.9 cm³/mol. The van der Waals surface area contributed by atoms with E-state index in [0.29, 0.717) is 23.9 Å². The molecule has 0 aromatic heterocycles. The fourth-order valence-electron chi connectivity index (χ4n) is 1.49. The van der Waals surface area contributed by atoms with Crippen molar-refractivity contribution < 1.29 is 9.84 Å². The molecular weight excluding hydrogens is 226 g/mol. The Kier molecular flexibility index (Phi) is 5.60. The van der Waals surface area contributed by atoms with Gasteiger partial charge in [0.2, 0.25) is 0 Å². The highest BCUT2D eigenvalue weighted by Crippen LogP contribution is 2.22. The monoisotopic (exact) mass is 243 g/mol. The van der Waals surface area contributed by atoms with Gasteiger partial charge in [-0.05, 0) is 24.7 Å². The van der Waals surface area contributed by atoms with E-state index in [0.717, 1.165) is 18.7 Å². The van der Waals surface area contributed by atoms with Gasteiger partial charge in [0.1, 0.15) is 5.75 Å². The molecule has 0 amide bonds. The lowest BCUT2D eigenvalue weighted by atomic mass is 10.2. The van der Waals surface area contributed by atoms with Crippen LogP contribution in [0.5, 0.6) is 5.75 Å². The number of rotatable bonds is 6. The first-order chi connectivity index (χ1) is 7.67. The van der Waals surface area contributed by atoms with Gasteiger partial charge in [0.25, 0.3) is 0 Å². The molecule has 0 saturated carbocycles. The van der Waals surface area contributed by atoms with Gasteiger partial charge >= 0.3 is 0 Å². The zero-order valence-electron chi connectivity index (χ0n) is 9.74. The van der Waals surface area contributed by atoms with Crippen molar-refractivity contribution in [1.82, 2.24) is 4.90 Å². The Bertz CT molecular complexity index is 331. The summed E-state index contributed by atoms with van der Waals surface area (Å²) in [4.78, 5) is 2.19. The highest BCUT2D eigenvalue weighted by atomic mass is 35.5. The Balaban J connectivity index is 2.65. The van der Waals surface area contributed by atoms with Crippen LogP contribution < -0.4 is 0 Å². The summed E-state index contributed by atoms with van der Waals surface area (Å²) in [5, 5.41) is 10.3. The zero-order chi connectivity index (χ0) is 12.0. The summed E-state index contributed by atoms with van der Waals surface area (Å²) in [6.45, 7) is 5.22. The number of likely N-dealkylation sites (N-methyl/N-ethyl adjacent to an activating group) is 1. The van der Waals surface area contributed by atoms with Crippen molar-refractivity contribution in [2.45, 2.75) is 13.5 Å². The number of halogens is 1. The Labute approximate surface area is 102 Å². The van der Waals surface area contributed by atoms with Crippen LogP contribution in [-0.2, 0) is 11.3 Å². The van der Waals surface area contributed by atoms with Crippen molar-refractivity contribution in [2.75, 3.05) is 26.8 Å². The number of hydrogen-bond donors (Lipinski definition) is 1. The number of benzene rings is 1. The minimum atomic E-state index is 0.292. The molecule has 0 aliphatic rings. The van der Waals surface area contributed by atoms with Gasteiger partial charge in [-0.3, -0.25) is 4.90 Å². The summed E-state index contributed by atoms with van der Waals surface area (Å²) < 4.78 is 5.04. The number of aromatic hydroxyl groups is 1. The summed E-state index contributed by atoms with van der Waals surface area (Å²) in [6, 6.07) is 5.11. The van der Waals surface area contributed by atoms with Crippen molar-refractivity contribution in [3.63, 3.8) is 0 Å². The molecule has 1 aromatic carbocycles. The number of nitrogens with zero attached hydrogens (tertiary/aromatic N) is 1. The van der Waals surface area contributed by atoms with Crippen LogP contribution in [0.15, 0.2) is 18.2 Å². The van der Waals surface area contributed by atoms with Crippen molar-refractivity contribution in [3.05, 3.63) is 28.8 Å². The highest BCUT2D eigenvalue weighted by molar-refractivity contribution is 6.30. The molecule has 0 fully saturated rings. The molecule has 1 aromatic rings. The van der Waals surface area contributed by atoms with E-state index < -0.39 is 0 Å². The molecule has 1 rings (SSSR count). The van der Waals surface area contributed by atoms with Crippen LogP contribution in [0.25, 0.3) is 0 Å². The molecule has 0 heterocycles. The van der Waals surface area contributed by atoms with Gasteiger partial charge in [-0.25, -0.2) is 0 Å². The van der Waals surface area contributed by atoms with Gasteiger partial charge in [-0.15, -0.1) is 0 Å². The molecule has 0 radical (unpaired) electrons. The third kappa shape index (κ3) is 4.00. The van der Waals surface area contributed by atoms with Gasteiger partial charge in [0, 0.05) is 30.8 Å². The molecule has 0 bridgehead atoms. The SMILES string of the molecule is CCN(CCOC)Cc1cc(Cl)ccc1O. The van der Waals surface area contributed by atoms with Gasteiger partial charge in [-0.1, -0.05) is 18.5 Å². The number of phenolic OH excluding ortho intramolecular Hbond substituents is 1.